The standard InChI is InChI=1S/C15H16N2O3/c1-2-3-4-9-15(18)13-10-14(17(19)20)11-7-5-6-8-12(11)16-13/h5-8,10H,2-4,9H2,1H3. The molecule has 5 nitrogen and oxygen atoms in total. The summed E-state index contributed by atoms with van der Waals surface area (Å²) in [6, 6.07) is 8.09. The van der Waals surface area contributed by atoms with Crippen LogP contribution in [-0.4, -0.2) is 15.7 Å². The van der Waals surface area contributed by atoms with Crippen LogP contribution in [0.1, 0.15) is 43.1 Å². The third-order valence-electron chi connectivity index (χ3n) is 3.18. The van der Waals surface area contributed by atoms with Gasteiger partial charge in [0.1, 0.15) is 5.69 Å². The van der Waals surface area contributed by atoms with E-state index in [9.17, 15) is 14.9 Å². The maximum atomic E-state index is 12.1. The second-order valence-corrected chi connectivity index (χ2v) is 4.68. The van der Waals surface area contributed by atoms with E-state index in [1.807, 2.05) is 0 Å². The van der Waals surface area contributed by atoms with E-state index in [2.05, 4.69) is 11.9 Å². The lowest BCUT2D eigenvalue weighted by Crippen LogP contribution is -2.04. The molecule has 0 N–H and O–H groups in total. The van der Waals surface area contributed by atoms with Gasteiger partial charge in [-0.15, -0.1) is 0 Å². The van der Waals surface area contributed by atoms with Crippen molar-refractivity contribution in [2.75, 3.05) is 0 Å². The Hall–Kier alpha value is -2.30. The summed E-state index contributed by atoms with van der Waals surface area (Å²) in [5.41, 5.74) is 0.612. The van der Waals surface area contributed by atoms with Gasteiger partial charge in [-0.1, -0.05) is 31.9 Å². The average molecular weight is 272 g/mol. The Balaban J connectivity index is 2.39. The van der Waals surface area contributed by atoms with Crippen LogP contribution in [0.3, 0.4) is 0 Å². The second-order valence-electron chi connectivity index (χ2n) is 4.68. The predicted molar refractivity (Wildman–Crippen MR) is 76.9 cm³/mol. The number of benzene rings is 1. The molecule has 5 heteroatoms. The minimum absolute atomic E-state index is 0.0607. The van der Waals surface area contributed by atoms with Crippen LogP contribution in [0.25, 0.3) is 10.9 Å². The molecule has 0 saturated carbocycles. The maximum absolute atomic E-state index is 12.1. The molecule has 104 valence electrons. The van der Waals surface area contributed by atoms with Crippen LogP contribution in [0.2, 0.25) is 0 Å². The smallest absolute Gasteiger partial charge is 0.281 e. The number of hydrogen-bond acceptors (Lipinski definition) is 4. The molecule has 1 aromatic carbocycles. The summed E-state index contributed by atoms with van der Waals surface area (Å²) in [6.45, 7) is 2.06. The molecule has 0 radical (unpaired) electrons. The van der Waals surface area contributed by atoms with Crippen molar-refractivity contribution in [3.05, 3.63) is 46.1 Å². The lowest BCUT2D eigenvalue weighted by Gasteiger charge is -2.03. The molecular formula is C15H16N2O3. The van der Waals surface area contributed by atoms with Crippen molar-refractivity contribution in [2.45, 2.75) is 32.6 Å². The normalized spacial score (nSPS) is 10.7. The van der Waals surface area contributed by atoms with E-state index < -0.39 is 4.92 Å². The molecule has 0 fully saturated rings. The molecule has 0 spiro atoms. The van der Waals surface area contributed by atoms with Crippen LogP contribution >= 0.6 is 0 Å². The zero-order valence-electron chi connectivity index (χ0n) is 11.3. The highest BCUT2D eigenvalue weighted by molar-refractivity contribution is 5.99. The lowest BCUT2D eigenvalue weighted by atomic mass is 10.1. The molecule has 0 amide bonds. The summed E-state index contributed by atoms with van der Waals surface area (Å²) in [4.78, 5) is 26.9. The highest BCUT2D eigenvalue weighted by Crippen LogP contribution is 2.25. The molecule has 0 aliphatic heterocycles. The van der Waals surface area contributed by atoms with Crippen molar-refractivity contribution in [1.29, 1.82) is 0 Å². The Kier molecular flexibility index (Phi) is 4.40. The van der Waals surface area contributed by atoms with Crippen molar-refractivity contribution >= 4 is 22.4 Å². The molecule has 0 saturated heterocycles. The molecule has 0 aliphatic rings. The topological polar surface area (TPSA) is 73.1 Å². The van der Waals surface area contributed by atoms with Gasteiger partial charge in [0, 0.05) is 12.5 Å². The highest BCUT2D eigenvalue weighted by atomic mass is 16.6. The van der Waals surface area contributed by atoms with Crippen molar-refractivity contribution in [1.82, 2.24) is 4.98 Å². The fourth-order valence-electron chi connectivity index (χ4n) is 2.11. The van der Waals surface area contributed by atoms with Crippen molar-refractivity contribution in [3.63, 3.8) is 0 Å². The summed E-state index contributed by atoms with van der Waals surface area (Å²) in [7, 11) is 0. The average Bonchev–Trinajstić information content (AvgIpc) is 2.46. The summed E-state index contributed by atoms with van der Waals surface area (Å²) < 4.78 is 0. The van der Waals surface area contributed by atoms with Crippen LogP contribution in [0.4, 0.5) is 5.69 Å². The number of para-hydroxylation sites is 1. The number of hydrogen-bond donors (Lipinski definition) is 0. The highest BCUT2D eigenvalue weighted by Gasteiger charge is 2.18. The van der Waals surface area contributed by atoms with Crippen molar-refractivity contribution in [3.8, 4) is 0 Å². The van der Waals surface area contributed by atoms with Gasteiger partial charge in [0.2, 0.25) is 0 Å². The number of ketones is 1. The number of Topliss-reactive ketones (excluding diaryl/α,β-unsaturated/α-hetero) is 1. The van der Waals surface area contributed by atoms with Gasteiger partial charge < -0.3 is 0 Å². The van der Waals surface area contributed by atoms with Gasteiger partial charge in [0.15, 0.2) is 5.78 Å². The fourth-order valence-corrected chi connectivity index (χ4v) is 2.11. The number of unbranched alkanes of at least 4 members (excludes halogenated alkanes) is 2. The van der Waals surface area contributed by atoms with Gasteiger partial charge in [-0.05, 0) is 18.6 Å². The van der Waals surface area contributed by atoms with Crippen LogP contribution in [0.5, 0.6) is 0 Å². The van der Waals surface area contributed by atoms with Gasteiger partial charge in [-0.25, -0.2) is 4.98 Å². The summed E-state index contributed by atoms with van der Waals surface area (Å²) in [5, 5.41) is 11.6. The first kappa shape index (κ1) is 14.1. The molecule has 1 heterocycles. The van der Waals surface area contributed by atoms with Crippen LogP contribution < -0.4 is 0 Å². The third-order valence-corrected chi connectivity index (χ3v) is 3.18. The Morgan fingerprint density at radius 1 is 1.30 bits per heavy atom. The quantitative estimate of drug-likeness (QED) is 0.346. The Morgan fingerprint density at radius 2 is 2.05 bits per heavy atom. The summed E-state index contributed by atoms with van der Waals surface area (Å²) >= 11 is 0. The fraction of sp³-hybridized carbons (Fsp3) is 0.333. The Labute approximate surface area is 116 Å². The number of rotatable bonds is 6. The van der Waals surface area contributed by atoms with E-state index in [0.717, 1.165) is 19.3 Å². The minimum Gasteiger partial charge on any atom is -0.292 e. The van der Waals surface area contributed by atoms with E-state index >= 15 is 0 Å². The summed E-state index contributed by atoms with van der Waals surface area (Å²) in [5.74, 6) is -0.132. The monoisotopic (exact) mass is 272 g/mol. The zero-order valence-corrected chi connectivity index (χ0v) is 11.3. The molecule has 1 aromatic heterocycles. The summed E-state index contributed by atoms with van der Waals surface area (Å²) in [6.07, 6.45) is 3.17. The first-order chi connectivity index (χ1) is 9.63. The zero-order chi connectivity index (χ0) is 14.5. The molecule has 0 bridgehead atoms. The van der Waals surface area contributed by atoms with Gasteiger partial charge in [-0.2, -0.15) is 0 Å². The van der Waals surface area contributed by atoms with Crippen LogP contribution in [0, 0.1) is 10.1 Å². The third kappa shape index (κ3) is 2.99. The maximum Gasteiger partial charge on any atom is 0.281 e. The van der Waals surface area contributed by atoms with Crippen LogP contribution in [0.15, 0.2) is 30.3 Å². The molecule has 0 aliphatic carbocycles. The molecule has 0 atom stereocenters. The predicted octanol–water partition coefficient (Wildman–Crippen LogP) is 3.91. The molecule has 2 rings (SSSR count). The number of fused-ring (bicyclic) bond motifs is 1. The van der Waals surface area contributed by atoms with E-state index in [1.54, 1.807) is 24.3 Å². The van der Waals surface area contributed by atoms with Crippen molar-refractivity contribution < 1.29 is 9.72 Å². The van der Waals surface area contributed by atoms with Gasteiger partial charge in [0.25, 0.3) is 5.69 Å². The first-order valence-electron chi connectivity index (χ1n) is 6.71. The number of nitrogens with zero attached hydrogens (tertiary/aromatic N) is 2. The second kappa shape index (κ2) is 6.23. The Morgan fingerprint density at radius 3 is 2.75 bits per heavy atom. The molecule has 0 unspecified atom stereocenters. The largest absolute Gasteiger partial charge is 0.292 e. The van der Waals surface area contributed by atoms with Gasteiger partial charge in [-0.3, -0.25) is 14.9 Å². The number of aromatic nitrogens is 1. The number of carbonyl (C=O) groups is 1. The van der Waals surface area contributed by atoms with Crippen molar-refractivity contribution in [2.24, 2.45) is 0 Å². The molecule has 2 aromatic rings. The first-order valence-corrected chi connectivity index (χ1v) is 6.71. The SMILES string of the molecule is CCCCCC(=O)c1cc([N+](=O)[O-])c2ccccc2n1. The molecule has 20 heavy (non-hydrogen) atoms. The van der Waals surface area contributed by atoms with E-state index in [-0.39, 0.29) is 17.2 Å². The van der Waals surface area contributed by atoms with E-state index in [1.165, 1.54) is 6.07 Å². The van der Waals surface area contributed by atoms with Gasteiger partial charge >= 0.3 is 0 Å². The Bertz CT molecular complexity index is 653. The number of pyridine rings is 1. The lowest BCUT2D eigenvalue weighted by molar-refractivity contribution is -0.383. The van der Waals surface area contributed by atoms with E-state index in [4.69, 9.17) is 0 Å². The number of nitro groups is 1. The van der Waals surface area contributed by atoms with E-state index in [0.29, 0.717) is 17.3 Å². The molecular weight excluding hydrogens is 256 g/mol. The minimum atomic E-state index is -0.465. The van der Waals surface area contributed by atoms with Crippen LogP contribution in [-0.2, 0) is 0 Å². The van der Waals surface area contributed by atoms with Gasteiger partial charge in [0.05, 0.1) is 15.8 Å². The number of carbonyl (C=O) groups excluding carboxylic acids is 1.